The summed E-state index contributed by atoms with van der Waals surface area (Å²) in [5.74, 6) is -0.851. The molecule has 4 nitrogen and oxygen atoms in total. The van der Waals surface area contributed by atoms with E-state index in [9.17, 15) is 9.59 Å². The van der Waals surface area contributed by atoms with E-state index in [1.165, 1.54) is 13.8 Å². The molecule has 0 atom stereocenters. The third kappa shape index (κ3) is 4.64. The molecule has 0 fully saturated rings. The van der Waals surface area contributed by atoms with Gasteiger partial charge in [0.2, 0.25) is 0 Å². The van der Waals surface area contributed by atoms with Gasteiger partial charge in [-0.1, -0.05) is 0 Å². The number of hydrogen-bond acceptors (Lipinski definition) is 4. The van der Waals surface area contributed by atoms with E-state index < -0.39 is 32.6 Å². The van der Waals surface area contributed by atoms with E-state index in [1.54, 1.807) is 6.07 Å². The molecule has 0 N–H and O–H groups in total. The predicted molar refractivity (Wildman–Crippen MR) is 75.4 cm³/mol. The van der Waals surface area contributed by atoms with Gasteiger partial charge in [0.15, 0.2) is 0 Å². The standard InChI is InChI=1S/C10H10I2O4/c1-7(13)15-12(16-8(2)14)10-5-3-4-9(11)6-10/h3-6H,1-2H3. The first-order valence-corrected chi connectivity index (χ1v) is 8.24. The Bertz CT molecular complexity index is 390. The maximum absolute atomic E-state index is 10.9. The molecule has 1 aromatic rings. The molecule has 0 amide bonds. The van der Waals surface area contributed by atoms with Gasteiger partial charge in [-0.25, -0.2) is 0 Å². The van der Waals surface area contributed by atoms with E-state index >= 15 is 0 Å². The summed E-state index contributed by atoms with van der Waals surface area (Å²) in [4.78, 5) is 21.8. The topological polar surface area (TPSA) is 52.6 Å². The van der Waals surface area contributed by atoms with Crippen LogP contribution in [0.2, 0.25) is 0 Å². The Morgan fingerprint density at radius 2 is 1.75 bits per heavy atom. The number of hydrogen-bond donors (Lipinski definition) is 0. The summed E-state index contributed by atoms with van der Waals surface area (Å²) < 4.78 is 12.0. The monoisotopic (exact) mass is 448 g/mol. The van der Waals surface area contributed by atoms with Crippen molar-refractivity contribution < 1.29 is 15.7 Å². The fourth-order valence-electron chi connectivity index (χ4n) is 0.858. The van der Waals surface area contributed by atoms with Gasteiger partial charge in [-0.3, -0.25) is 0 Å². The summed E-state index contributed by atoms with van der Waals surface area (Å²) >= 11 is -0.478. The minimum atomic E-state index is -2.63. The van der Waals surface area contributed by atoms with Crippen molar-refractivity contribution in [1.29, 1.82) is 0 Å². The maximum atomic E-state index is 10.9. The van der Waals surface area contributed by atoms with Crippen LogP contribution in [0, 0.1) is 7.14 Å². The van der Waals surface area contributed by atoms with Crippen molar-refractivity contribution in [2.24, 2.45) is 0 Å². The first-order chi connectivity index (χ1) is 7.49. The average molecular weight is 448 g/mol. The summed E-state index contributed by atoms with van der Waals surface area (Å²) in [6.45, 7) is 2.61. The van der Waals surface area contributed by atoms with Crippen molar-refractivity contribution in [2.45, 2.75) is 13.8 Å². The number of carbonyl (C=O) groups excluding carboxylic acids is 2. The second-order valence-electron chi connectivity index (χ2n) is 2.79. The first kappa shape index (κ1) is 13.7. The molecule has 0 saturated heterocycles. The van der Waals surface area contributed by atoms with Gasteiger partial charge in [-0.15, -0.1) is 0 Å². The van der Waals surface area contributed by atoms with Crippen LogP contribution in [-0.2, 0) is 15.7 Å². The molecule has 0 radical (unpaired) electrons. The molecule has 0 unspecified atom stereocenters. The zero-order chi connectivity index (χ0) is 12.1. The Labute approximate surface area is 115 Å². The number of halogens is 2. The Hall–Kier alpha value is -0.380. The molecule has 0 heterocycles. The van der Waals surface area contributed by atoms with Crippen molar-refractivity contribution in [1.82, 2.24) is 0 Å². The van der Waals surface area contributed by atoms with Gasteiger partial charge in [0.05, 0.1) is 0 Å². The van der Waals surface area contributed by atoms with Gasteiger partial charge in [-0.2, -0.15) is 0 Å². The van der Waals surface area contributed by atoms with E-state index in [0.717, 1.165) is 7.14 Å². The van der Waals surface area contributed by atoms with Crippen LogP contribution in [0.1, 0.15) is 13.8 Å². The molecule has 0 spiro atoms. The predicted octanol–water partition coefficient (Wildman–Crippen LogP) is 2.92. The third-order valence-electron chi connectivity index (χ3n) is 1.32. The molecular formula is C10H10I2O4. The molecule has 0 aromatic heterocycles. The van der Waals surface area contributed by atoms with Gasteiger partial charge >= 0.3 is 116 Å². The van der Waals surface area contributed by atoms with Gasteiger partial charge in [0.25, 0.3) is 0 Å². The zero-order valence-electron chi connectivity index (χ0n) is 8.70. The normalized spacial score (nSPS) is 10.6. The molecule has 0 saturated carbocycles. The van der Waals surface area contributed by atoms with Crippen LogP contribution < -0.4 is 0 Å². The molecule has 88 valence electrons. The summed E-state index contributed by atoms with van der Waals surface area (Å²) in [5.41, 5.74) is 0. The number of benzene rings is 1. The summed E-state index contributed by atoms with van der Waals surface area (Å²) in [6.07, 6.45) is 0. The van der Waals surface area contributed by atoms with Crippen molar-refractivity contribution >= 4 is 55.2 Å². The summed E-state index contributed by atoms with van der Waals surface area (Å²) in [6, 6.07) is 7.42. The molecule has 0 bridgehead atoms. The van der Waals surface area contributed by atoms with Crippen LogP contribution in [0.25, 0.3) is 0 Å². The van der Waals surface area contributed by atoms with Crippen LogP contribution in [0.3, 0.4) is 0 Å². The Balaban J connectivity index is 2.90. The SMILES string of the molecule is CC(=O)OI(OC(C)=O)c1cccc(I)c1. The van der Waals surface area contributed by atoms with Gasteiger partial charge in [0.1, 0.15) is 0 Å². The van der Waals surface area contributed by atoms with E-state index in [1.807, 2.05) is 18.2 Å². The quantitative estimate of drug-likeness (QED) is 0.668. The molecular weight excluding hydrogens is 438 g/mol. The molecule has 1 rings (SSSR count). The van der Waals surface area contributed by atoms with Crippen LogP contribution in [0.4, 0.5) is 0 Å². The molecule has 0 aliphatic carbocycles. The Morgan fingerprint density at radius 3 is 2.19 bits per heavy atom. The molecule has 1 aromatic carbocycles. The molecule has 16 heavy (non-hydrogen) atoms. The Kier molecular flexibility index (Phi) is 5.46. The van der Waals surface area contributed by atoms with Crippen molar-refractivity contribution in [3.63, 3.8) is 0 Å². The van der Waals surface area contributed by atoms with Crippen molar-refractivity contribution in [3.8, 4) is 0 Å². The van der Waals surface area contributed by atoms with Gasteiger partial charge in [-0.05, 0) is 0 Å². The van der Waals surface area contributed by atoms with Gasteiger partial charge < -0.3 is 0 Å². The van der Waals surface area contributed by atoms with Crippen molar-refractivity contribution in [2.75, 3.05) is 0 Å². The summed E-state index contributed by atoms with van der Waals surface area (Å²) in [5, 5.41) is 0. The molecule has 0 aliphatic rings. The second-order valence-corrected chi connectivity index (χ2v) is 7.41. The third-order valence-corrected chi connectivity index (χ3v) is 5.72. The fourth-order valence-corrected chi connectivity index (χ4v) is 4.81. The fraction of sp³-hybridized carbons (Fsp3) is 0.200. The van der Waals surface area contributed by atoms with Crippen LogP contribution in [0.15, 0.2) is 24.3 Å². The van der Waals surface area contributed by atoms with E-state index in [0.29, 0.717) is 0 Å². The van der Waals surface area contributed by atoms with Gasteiger partial charge in [0, 0.05) is 0 Å². The Morgan fingerprint density at radius 1 is 1.19 bits per heavy atom. The number of carbonyl (C=O) groups is 2. The number of rotatable bonds is 3. The summed E-state index contributed by atoms with van der Waals surface area (Å²) in [7, 11) is 0. The van der Waals surface area contributed by atoms with E-state index in [2.05, 4.69) is 22.6 Å². The van der Waals surface area contributed by atoms with Crippen LogP contribution in [-0.4, -0.2) is 11.9 Å². The average Bonchev–Trinajstić information content (AvgIpc) is 2.15. The van der Waals surface area contributed by atoms with Crippen LogP contribution in [0.5, 0.6) is 0 Å². The van der Waals surface area contributed by atoms with Crippen molar-refractivity contribution in [3.05, 3.63) is 31.4 Å². The minimum absolute atomic E-state index is 0.426. The van der Waals surface area contributed by atoms with E-state index in [-0.39, 0.29) is 0 Å². The van der Waals surface area contributed by atoms with E-state index in [4.69, 9.17) is 6.13 Å². The second kappa shape index (κ2) is 6.38. The van der Waals surface area contributed by atoms with Crippen LogP contribution >= 0.6 is 43.2 Å². The zero-order valence-corrected chi connectivity index (χ0v) is 13.0. The first-order valence-electron chi connectivity index (χ1n) is 4.32. The molecule has 6 heteroatoms. The molecule has 0 aliphatic heterocycles.